The second kappa shape index (κ2) is 8.53. The van der Waals surface area contributed by atoms with Gasteiger partial charge in [0, 0.05) is 11.3 Å². The van der Waals surface area contributed by atoms with Crippen LogP contribution in [0.1, 0.15) is 40.0 Å². The second-order valence-corrected chi connectivity index (χ2v) is 7.97. The van der Waals surface area contributed by atoms with Crippen LogP contribution in [0.3, 0.4) is 0 Å². The normalized spacial score (nSPS) is 12.1. The van der Waals surface area contributed by atoms with Gasteiger partial charge in [-0.1, -0.05) is 60.3 Å². The fraction of sp³-hybridized carbons (Fsp3) is 0.167. The first-order valence-corrected chi connectivity index (χ1v) is 10.5. The smallest absolute Gasteiger partial charge is 0.257 e. The van der Waals surface area contributed by atoms with E-state index in [4.69, 9.17) is 4.42 Å². The quantitative estimate of drug-likeness (QED) is 0.407. The first kappa shape index (κ1) is 19.3. The van der Waals surface area contributed by atoms with Crippen molar-refractivity contribution in [2.45, 2.75) is 30.9 Å². The molecule has 1 N–H and O–H groups in total. The van der Waals surface area contributed by atoms with Crippen LogP contribution in [-0.4, -0.2) is 10.9 Å². The Labute approximate surface area is 174 Å². The van der Waals surface area contributed by atoms with Crippen molar-refractivity contribution in [1.29, 1.82) is 0 Å². The van der Waals surface area contributed by atoms with Crippen LogP contribution < -0.4 is 5.32 Å². The van der Waals surface area contributed by atoms with Crippen molar-refractivity contribution in [3.63, 3.8) is 0 Å². The predicted octanol–water partition coefficient (Wildman–Crippen LogP) is 5.92. The number of rotatable bonds is 6. The number of carbonyl (C=O) groups is 1. The third-order valence-corrected chi connectivity index (χ3v) is 5.62. The van der Waals surface area contributed by atoms with Gasteiger partial charge in [0.1, 0.15) is 5.52 Å². The topological polar surface area (TPSA) is 55.1 Å². The van der Waals surface area contributed by atoms with E-state index in [1.807, 2.05) is 86.6 Å². The summed E-state index contributed by atoms with van der Waals surface area (Å²) in [6.45, 7) is 4.03. The van der Waals surface area contributed by atoms with Gasteiger partial charge < -0.3 is 9.73 Å². The molecule has 0 bridgehead atoms. The van der Waals surface area contributed by atoms with E-state index in [-0.39, 0.29) is 11.9 Å². The summed E-state index contributed by atoms with van der Waals surface area (Å²) < 4.78 is 5.80. The highest BCUT2D eigenvalue weighted by molar-refractivity contribution is 7.98. The molecular formula is C24H22N2O2S. The van der Waals surface area contributed by atoms with Gasteiger partial charge in [-0.25, -0.2) is 4.98 Å². The lowest BCUT2D eigenvalue weighted by Crippen LogP contribution is -2.26. The van der Waals surface area contributed by atoms with E-state index in [0.717, 1.165) is 27.8 Å². The van der Waals surface area contributed by atoms with Crippen LogP contribution in [0, 0.1) is 6.92 Å². The Morgan fingerprint density at radius 1 is 1.07 bits per heavy atom. The maximum atomic E-state index is 12.7. The molecule has 1 atom stereocenters. The molecule has 29 heavy (non-hydrogen) atoms. The number of carbonyl (C=O) groups excluding carboxylic acids is 1. The molecule has 1 aromatic heterocycles. The minimum absolute atomic E-state index is 0.0510. The number of benzene rings is 3. The molecule has 0 fully saturated rings. The zero-order valence-electron chi connectivity index (χ0n) is 16.4. The molecule has 1 unspecified atom stereocenters. The average molecular weight is 403 g/mol. The van der Waals surface area contributed by atoms with E-state index in [1.54, 1.807) is 0 Å². The van der Waals surface area contributed by atoms with Gasteiger partial charge in [-0.2, -0.15) is 0 Å². The summed E-state index contributed by atoms with van der Waals surface area (Å²) in [6.07, 6.45) is 0. The van der Waals surface area contributed by atoms with E-state index < -0.39 is 0 Å². The van der Waals surface area contributed by atoms with Crippen LogP contribution in [0.4, 0.5) is 0 Å². The van der Waals surface area contributed by atoms with Crippen molar-refractivity contribution >= 4 is 28.8 Å². The molecule has 4 aromatic rings. The summed E-state index contributed by atoms with van der Waals surface area (Å²) in [5.41, 5.74) is 5.61. The van der Waals surface area contributed by atoms with E-state index >= 15 is 0 Å². The third-order valence-electron chi connectivity index (χ3n) is 4.72. The van der Waals surface area contributed by atoms with Crippen molar-refractivity contribution in [2.75, 3.05) is 0 Å². The fourth-order valence-corrected chi connectivity index (χ4v) is 3.91. The number of hydrogen-bond acceptors (Lipinski definition) is 4. The highest BCUT2D eigenvalue weighted by Crippen LogP contribution is 2.27. The van der Waals surface area contributed by atoms with Crippen molar-refractivity contribution in [2.24, 2.45) is 0 Å². The van der Waals surface area contributed by atoms with Crippen LogP contribution in [0.25, 0.3) is 11.1 Å². The molecule has 0 aliphatic carbocycles. The summed E-state index contributed by atoms with van der Waals surface area (Å²) in [5.74, 6) is 0.604. The van der Waals surface area contributed by atoms with E-state index in [9.17, 15) is 4.79 Å². The van der Waals surface area contributed by atoms with Crippen molar-refractivity contribution < 1.29 is 9.21 Å². The molecule has 0 saturated heterocycles. The Balaban J connectivity index is 1.41. The molecule has 5 heteroatoms. The van der Waals surface area contributed by atoms with Gasteiger partial charge in [0.15, 0.2) is 5.58 Å². The maximum absolute atomic E-state index is 12.7. The first-order valence-electron chi connectivity index (χ1n) is 9.53. The van der Waals surface area contributed by atoms with Gasteiger partial charge in [0.2, 0.25) is 0 Å². The van der Waals surface area contributed by atoms with Gasteiger partial charge in [0.25, 0.3) is 11.1 Å². The number of thioether (sulfide) groups is 1. The number of amides is 1. The Hall–Kier alpha value is -3.05. The van der Waals surface area contributed by atoms with Gasteiger partial charge in [-0.05, 0) is 54.8 Å². The second-order valence-electron chi connectivity index (χ2n) is 7.05. The van der Waals surface area contributed by atoms with Crippen molar-refractivity contribution in [3.05, 3.63) is 95.1 Å². The molecule has 1 amide bonds. The molecule has 3 aromatic carbocycles. The van der Waals surface area contributed by atoms with Gasteiger partial charge in [-0.15, -0.1) is 0 Å². The summed E-state index contributed by atoms with van der Waals surface area (Å²) in [5, 5.41) is 3.70. The van der Waals surface area contributed by atoms with Crippen LogP contribution in [0.2, 0.25) is 0 Å². The van der Waals surface area contributed by atoms with Crippen LogP contribution in [0.15, 0.2) is 82.4 Å². The summed E-state index contributed by atoms with van der Waals surface area (Å²) in [6, 6.07) is 23.6. The number of hydrogen-bond donors (Lipinski definition) is 1. The average Bonchev–Trinajstić information content (AvgIpc) is 3.15. The number of aryl methyl sites for hydroxylation is 1. The SMILES string of the molecule is Cc1ccc2oc(SCc3cccc(C(=O)NC(C)c4ccccc4)c3)nc2c1. The Morgan fingerprint density at radius 3 is 2.72 bits per heavy atom. The summed E-state index contributed by atoms with van der Waals surface area (Å²) in [4.78, 5) is 17.2. The third kappa shape index (κ3) is 4.69. The lowest BCUT2D eigenvalue weighted by molar-refractivity contribution is 0.0940. The number of fused-ring (bicyclic) bond motifs is 1. The monoisotopic (exact) mass is 402 g/mol. The van der Waals surface area contributed by atoms with E-state index in [1.165, 1.54) is 11.8 Å². The molecule has 146 valence electrons. The maximum Gasteiger partial charge on any atom is 0.257 e. The van der Waals surface area contributed by atoms with Crippen molar-refractivity contribution in [1.82, 2.24) is 10.3 Å². The first-order chi connectivity index (χ1) is 14.1. The Kier molecular flexibility index (Phi) is 5.67. The largest absolute Gasteiger partial charge is 0.431 e. The molecule has 4 nitrogen and oxygen atoms in total. The molecule has 0 saturated carbocycles. The molecule has 0 radical (unpaired) electrons. The van der Waals surface area contributed by atoms with Crippen LogP contribution >= 0.6 is 11.8 Å². The number of oxazole rings is 1. The molecule has 0 aliphatic heterocycles. The lowest BCUT2D eigenvalue weighted by Gasteiger charge is -2.14. The van der Waals surface area contributed by atoms with E-state index in [0.29, 0.717) is 16.5 Å². The highest BCUT2D eigenvalue weighted by Gasteiger charge is 2.12. The molecule has 4 rings (SSSR count). The van der Waals surface area contributed by atoms with E-state index in [2.05, 4.69) is 10.3 Å². The van der Waals surface area contributed by atoms with Gasteiger partial charge in [0.05, 0.1) is 6.04 Å². The number of nitrogens with zero attached hydrogens (tertiary/aromatic N) is 1. The zero-order chi connectivity index (χ0) is 20.2. The van der Waals surface area contributed by atoms with Gasteiger partial charge >= 0.3 is 0 Å². The summed E-state index contributed by atoms with van der Waals surface area (Å²) in [7, 11) is 0. The number of aromatic nitrogens is 1. The lowest BCUT2D eigenvalue weighted by atomic mass is 10.1. The van der Waals surface area contributed by atoms with Gasteiger partial charge in [-0.3, -0.25) is 4.79 Å². The molecule has 0 aliphatic rings. The predicted molar refractivity (Wildman–Crippen MR) is 117 cm³/mol. The zero-order valence-corrected chi connectivity index (χ0v) is 17.2. The fourth-order valence-electron chi connectivity index (χ4n) is 3.13. The molecule has 0 spiro atoms. The number of nitrogens with one attached hydrogen (secondary N) is 1. The Morgan fingerprint density at radius 2 is 1.90 bits per heavy atom. The summed E-state index contributed by atoms with van der Waals surface area (Å²) >= 11 is 1.53. The minimum Gasteiger partial charge on any atom is -0.431 e. The highest BCUT2D eigenvalue weighted by atomic mass is 32.2. The Bertz CT molecular complexity index is 1140. The van der Waals surface area contributed by atoms with Crippen molar-refractivity contribution in [3.8, 4) is 0 Å². The van der Waals surface area contributed by atoms with Crippen LogP contribution in [-0.2, 0) is 5.75 Å². The minimum atomic E-state index is -0.0782. The molecular weight excluding hydrogens is 380 g/mol. The molecule has 1 heterocycles. The standard InChI is InChI=1S/C24H22N2O2S/c1-16-11-12-22-21(13-16)26-24(28-22)29-15-18-7-6-10-20(14-18)23(27)25-17(2)19-8-4-3-5-9-19/h3-14,17H,15H2,1-2H3,(H,25,27). The van der Waals surface area contributed by atoms with Crippen LogP contribution in [0.5, 0.6) is 0 Å².